The first kappa shape index (κ1) is 13.2. The smallest absolute Gasteiger partial charge is 0.311 e. The van der Waals surface area contributed by atoms with Gasteiger partial charge in [-0.3, -0.25) is 4.79 Å². The predicted molar refractivity (Wildman–Crippen MR) is 55.8 cm³/mol. The van der Waals surface area contributed by atoms with Crippen LogP contribution >= 0.6 is 0 Å². The second-order valence-corrected chi connectivity index (χ2v) is 3.73. The molecule has 0 amide bonds. The van der Waals surface area contributed by atoms with Crippen LogP contribution in [-0.4, -0.2) is 23.8 Å². The van der Waals surface area contributed by atoms with E-state index in [1.807, 2.05) is 20.8 Å². The highest BCUT2D eigenvalue weighted by Crippen LogP contribution is 2.30. The maximum atomic E-state index is 11.4. The third-order valence-electron chi connectivity index (χ3n) is 2.70. The molecule has 3 heteroatoms. The summed E-state index contributed by atoms with van der Waals surface area (Å²) in [6.45, 7) is 9.14. The van der Waals surface area contributed by atoms with Crippen LogP contribution in [0.3, 0.4) is 0 Å². The molecule has 0 spiro atoms. The summed E-state index contributed by atoms with van der Waals surface area (Å²) in [7, 11) is 1.33. The van der Waals surface area contributed by atoms with E-state index in [9.17, 15) is 9.90 Å². The molecule has 0 aliphatic carbocycles. The number of aliphatic hydroxyl groups is 1. The van der Waals surface area contributed by atoms with Crippen molar-refractivity contribution in [3.8, 4) is 0 Å². The van der Waals surface area contributed by atoms with Crippen LogP contribution in [0.5, 0.6) is 0 Å². The van der Waals surface area contributed by atoms with Gasteiger partial charge in [0.2, 0.25) is 0 Å². The van der Waals surface area contributed by atoms with E-state index in [-0.39, 0.29) is 11.9 Å². The molecule has 1 N–H and O–H groups in total. The van der Waals surface area contributed by atoms with Crippen LogP contribution in [0, 0.1) is 11.8 Å². The highest BCUT2D eigenvalue weighted by molar-refractivity contribution is 5.74. The largest absolute Gasteiger partial charge is 0.469 e. The molecule has 0 aromatic heterocycles. The topological polar surface area (TPSA) is 46.5 Å². The standard InChI is InChI=1S/C11H20O3/c1-6-9(10(12)14-5)11(13,7-2)8(3)4/h7-9,13H,2,6H2,1,3-5H3. The van der Waals surface area contributed by atoms with Crippen LogP contribution in [0.15, 0.2) is 12.7 Å². The molecule has 0 radical (unpaired) electrons. The van der Waals surface area contributed by atoms with Gasteiger partial charge in [-0.05, 0) is 12.3 Å². The number of hydrogen-bond donors (Lipinski definition) is 1. The average Bonchev–Trinajstić information content (AvgIpc) is 2.17. The molecule has 2 unspecified atom stereocenters. The molecule has 0 aliphatic heterocycles. The van der Waals surface area contributed by atoms with Crippen molar-refractivity contribution in [2.75, 3.05) is 7.11 Å². The summed E-state index contributed by atoms with van der Waals surface area (Å²) in [5.41, 5.74) is -1.18. The number of ether oxygens (including phenoxy) is 1. The fourth-order valence-electron chi connectivity index (χ4n) is 1.61. The Morgan fingerprint density at radius 3 is 2.36 bits per heavy atom. The van der Waals surface area contributed by atoms with Gasteiger partial charge in [0.05, 0.1) is 18.6 Å². The van der Waals surface area contributed by atoms with Crippen molar-refractivity contribution in [3.63, 3.8) is 0 Å². The van der Waals surface area contributed by atoms with Gasteiger partial charge in [-0.15, -0.1) is 6.58 Å². The van der Waals surface area contributed by atoms with Crippen LogP contribution in [-0.2, 0) is 9.53 Å². The van der Waals surface area contributed by atoms with E-state index in [1.54, 1.807) is 0 Å². The molecule has 0 aromatic rings. The Balaban J connectivity index is 4.96. The monoisotopic (exact) mass is 200 g/mol. The Kier molecular flexibility index (Phi) is 4.85. The Morgan fingerprint density at radius 2 is 2.14 bits per heavy atom. The molecule has 14 heavy (non-hydrogen) atoms. The zero-order valence-corrected chi connectivity index (χ0v) is 9.41. The van der Waals surface area contributed by atoms with Gasteiger partial charge in [-0.25, -0.2) is 0 Å². The zero-order chi connectivity index (χ0) is 11.4. The molecule has 0 saturated carbocycles. The molecule has 0 aliphatic rings. The summed E-state index contributed by atoms with van der Waals surface area (Å²) in [5.74, 6) is -0.988. The number of carbonyl (C=O) groups is 1. The molecule has 0 rings (SSSR count). The molecule has 82 valence electrons. The summed E-state index contributed by atoms with van der Waals surface area (Å²) >= 11 is 0. The van der Waals surface area contributed by atoms with Gasteiger partial charge >= 0.3 is 5.97 Å². The van der Waals surface area contributed by atoms with Crippen LogP contribution in [0.2, 0.25) is 0 Å². The van der Waals surface area contributed by atoms with E-state index in [0.717, 1.165) is 0 Å². The average molecular weight is 200 g/mol. The minimum absolute atomic E-state index is 0.0657. The predicted octanol–water partition coefficient (Wildman–Crippen LogP) is 1.76. The molecule has 0 fully saturated rings. The maximum absolute atomic E-state index is 11.4. The summed E-state index contributed by atoms with van der Waals surface area (Å²) in [6.07, 6.45) is 1.97. The molecule has 2 atom stereocenters. The number of esters is 1. The molecule has 0 saturated heterocycles. The number of carbonyl (C=O) groups excluding carboxylic acids is 1. The lowest BCUT2D eigenvalue weighted by molar-refractivity contribution is -0.155. The molecular weight excluding hydrogens is 180 g/mol. The number of methoxy groups -OCH3 is 1. The van der Waals surface area contributed by atoms with Crippen molar-refractivity contribution in [3.05, 3.63) is 12.7 Å². The van der Waals surface area contributed by atoms with Crippen LogP contribution < -0.4 is 0 Å². The first-order chi connectivity index (χ1) is 6.43. The third kappa shape index (κ3) is 2.35. The second kappa shape index (κ2) is 5.15. The Morgan fingerprint density at radius 1 is 1.64 bits per heavy atom. The van der Waals surface area contributed by atoms with Gasteiger partial charge in [0.1, 0.15) is 0 Å². The molecular formula is C11H20O3. The van der Waals surface area contributed by atoms with Crippen molar-refractivity contribution >= 4 is 5.97 Å². The number of hydrogen-bond acceptors (Lipinski definition) is 3. The second-order valence-electron chi connectivity index (χ2n) is 3.73. The van der Waals surface area contributed by atoms with Crippen LogP contribution in [0.25, 0.3) is 0 Å². The molecule has 0 bridgehead atoms. The molecule has 0 aromatic carbocycles. The van der Waals surface area contributed by atoms with Gasteiger partial charge in [-0.1, -0.05) is 26.8 Å². The van der Waals surface area contributed by atoms with Crippen LogP contribution in [0.1, 0.15) is 27.2 Å². The summed E-state index contributed by atoms with van der Waals surface area (Å²) in [4.78, 5) is 11.4. The van der Waals surface area contributed by atoms with Crippen molar-refractivity contribution in [2.45, 2.75) is 32.8 Å². The quantitative estimate of drug-likeness (QED) is 0.543. The minimum atomic E-state index is -1.18. The Hall–Kier alpha value is -0.830. The highest BCUT2D eigenvalue weighted by Gasteiger charge is 2.40. The Bertz CT molecular complexity index is 211. The van der Waals surface area contributed by atoms with Gasteiger partial charge in [0.15, 0.2) is 0 Å². The van der Waals surface area contributed by atoms with Gasteiger partial charge in [-0.2, -0.15) is 0 Å². The Labute approximate surface area is 85.8 Å². The van der Waals surface area contributed by atoms with E-state index in [0.29, 0.717) is 6.42 Å². The SMILES string of the molecule is C=CC(O)(C(C)C)C(CC)C(=O)OC. The van der Waals surface area contributed by atoms with Crippen molar-refractivity contribution in [2.24, 2.45) is 11.8 Å². The van der Waals surface area contributed by atoms with Crippen molar-refractivity contribution < 1.29 is 14.6 Å². The van der Waals surface area contributed by atoms with Gasteiger partial charge in [0.25, 0.3) is 0 Å². The fraction of sp³-hybridized carbons (Fsp3) is 0.727. The van der Waals surface area contributed by atoms with Crippen LogP contribution in [0.4, 0.5) is 0 Å². The molecule has 0 heterocycles. The normalized spacial score (nSPS) is 17.3. The highest BCUT2D eigenvalue weighted by atomic mass is 16.5. The first-order valence-corrected chi connectivity index (χ1v) is 4.87. The van der Waals surface area contributed by atoms with E-state index < -0.39 is 11.5 Å². The third-order valence-corrected chi connectivity index (χ3v) is 2.70. The van der Waals surface area contributed by atoms with E-state index in [2.05, 4.69) is 11.3 Å². The number of rotatable bonds is 5. The van der Waals surface area contributed by atoms with E-state index in [1.165, 1.54) is 13.2 Å². The maximum Gasteiger partial charge on any atom is 0.311 e. The molecule has 3 nitrogen and oxygen atoms in total. The lowest BCUT2D eigenvalue weighted by Crippen LogP contribution is -2.45. The lowest BCUT2D eigenvalue weighted by atomic mass is 9.77. The summed E-state index contributed by atoms with van der Waals surface area (Å²) in [6, 6.07) is 0. The van der Waals surface area contributed by atoms with Crippen molar-refractivity contribution in [1.82, 2.24) is 0 Å². The fourth-order valence-corrected chi connectivity index (χ4v) is 1.61. The summed E-state index contributed by atoms with van der Waals surface area (Å²) in [5, 5.41) is 10.2. The summed E-state index contributed by atoms with van der Waals surface area (Å²) < 4.78 is 4.65. The van der Waals surface area contributed by atoms with Gasteiger partial charge in [0, 0.05) is 0 Å². The minimum Gasteiger partial charge on any atom is -0.469 e. The lowest BCUT2D eigenvalue weighted by Gasteiger charge is -2.34. The zero-order valence-electron chi connectivity index (χ0n) is 9.41. The van der Waals surface area contributed by atoms with E-state index >= 15 is 0 Å². The first-order valence-electron chi connectivity index (χ1n) is 4.87. The van der Waals surface area contributed by atoms with Gasteiger partial charge < -0.3 is 9.84 Å². The van der Waals surface area contributed by atoms with Crippen molar-refractivity contribution in [1.29, 1.82) is 0 Å². The van der Waals surface area contributed by atoms with E-state index in [4.69, 9.17) is 0 Å².